The Hall–Kier alpha value is -13.3. The Morgan fingerprint density at radius 1 is 0.104 bits per heavy atom. The van der Waals surface area contributed by atoms with Crippen molar-refractivity contribution in [2.24, 2.45) is 23.7 Å². The Kier molecular flexibility index (Phi) is 140. The molecule has 0 aliphatic carbocycles. The lowest BCUT2D eigenvalue weighted by Crippen LogP contribution is -1.73. The smallest absolute Gasteiger partial charge is 0.0319 e. The first-order valence-corrected chi connectivity index (χ1v) is 49.9. The Morgan fingerprint density at radius 2 is 0.146 bits per heavy atom. The quantitative estimate of drug-likeness (QED) is 0.0849. The van der Waals surface area contributed by atoms with Crippen LogP contribution < -0.4 is 0 Å². The van der Waals surface area contributed by atoms with Crippen molar-refractivity contribution in [3.63, 3.8) is 0 Å². The van der Waals surface area contributed by atoms with Gasteiger partial charge in [0.05, 0.1) is 0 Å². The summed E-state index contributed by atoms with van der Waals surface area (Å²) in [6.45, 7) is 43.0. The fraction of sp³-hybridized carbons (Fsp3) is 0.265. The SMILES string of the molecule is CC(C)C.CC(C)C.CC(C)C.CC(C)C.CCC.CCC.CCC.CCC.CO.CO.CO.CO.CO.CO.CO.CO.c1ccc(-c2ccccc2)cc1.c1ccc(-c2ccccc2)cc1.c1ccc2ccccc2c1.c1ccc2ccccc2c1.c1ccc2ccccc2c1.c1ccc2ccccc2c1.c1ccccc1.c1ccccc1.c1ccccc1.c1ccccc1.c1ccccc1.c1ccccc1. The highest BCUT2D eigenvalue weighted by molar-refractivity contribution is 5.84. The zero-order chi connectivity index (χ0) is 110. The highest BCUT2D eigenvalue weighted by Crippen LogP contribution is 2.20. The summed E-state index contributed by atoms with van der Waals surface area (Å²) in [4.78, 5) is 0. The van der Waals surface area contributed by atoms with E-state index in [0.717, 1.165) is 80.6 Å². The number of hydrogen-bond acceptors (Lipinski definition) is 8. The van der Waals surface area contributed by atoms with E-state index in [9.17, 15) is 0 Å². The largest absolute Gasteiger partial charge is 0.400 e. The van der Waals surface area contributed by atoms with Gasteiger partial charge in [0.2, 0.25) is 0 Å². The van der Waals surface area contributed by atoms with E-state index in [4.69, 9.17) is 40.9 Å². The van der Waals surface area contributed by atoms with Gasteiger partial charge in [-0.1, -0.05) is 698 Å². The van der Waals surface area contributed by atoms with E-state index in [0.29, 0.717) is 0 Å². The minimum atomic E-state index is 0.833. The summed E-state index contributed by atoms with van der Waals surface area (Å²) >= 11 is 0. The van der Waals surface area contributed by atoms with Crippen LogP contribution in [0, 0.1) is 23.7 Å². The average Bonchev–Trinajstić information content (AvgIpc) is 0.887. The van der Waals surface area contributed by atoms with Crippen LogP contribution in [0.4, 0.5) is 0 Å². The first-order chi connectivity index (χ1) is 70.4. The van der Waals surface area contributed by atoms with Gasteiger partial charge in [-0.05, 0) is 89.0 Å². The molecule has 0 atom stereocenters. The molecule has 18 aromatic rings. The lowest BCUT2D eigenvalue weighted by Gasteiger charge is -1.98. The van der Waals surface area contributed by atoms with E-state index >= 15 is 0 Å². The van der Waals surface area contributed by atoms with E-state index in [1.54, 1.807) is 0 Å². The Balaban J connectivity index is -0.000000165. The van der Waals surface area contributed by atoms with Crippen LogP contribution >= 0.6 is 0 Å². The summed E-state index contributed by atoms with van der Waals surface area (Å²) in [7, 11) is 8.00. The molecule has 8 N–H and O–H groups in total. The predicted molar refractivity (Wildman–Crippen MR) is 649 cm³/mol. The molecule has 8 nitrogen and oxygen atoms in total. The molecule has 0 spiro atoms. The summed E-state index contributed by atoms with van der Waals surface area (Å²) < 4.78 is 0. The number of fused-ring (bicyclic) bond motifs is 4. The first-order valence-electron chi connectivity index (χ1n) is 49.9. The van der Waals surface area contributed by atoms with E-state index in [-0.39, 0.29) is 0 Å². The van der Waals surface area contributed by atoms with Crippen LogP contribution in [0.25, 0.3) is 65.3 Å². The number of rotatable bonds is 2. The number of hydrogen-bond donors (Lipinski definition) is 8. The van der Waals surface area contributed by atoms with E-state index in [1.807, 2.05) is 243 Å². The summed E-state index contributed by atoms with van der Waals surface area (Å²) in [5, 5.41) is 66.5. The normalized spacial score (nSPS) is 8.22. The van der Waals surface area contributed by atoms with Crippen LogP contribution in [0.1, 0.15) is 164 Å². The van der Waals surface area contributed by atoms with Crippen molar-refractivity contribution >= 4 is 43.1 Å². The van der Waals surface area contributed by atoms with Crippen molar-refractivity contribution in [2.45, 2.75) is 164 Å². The monoisotopic (exact) mass is 1950 g/mol. The van der Waals surface area contributed by atoms with Crippen LogP contribution in [0.2, 0.25) is 0 Å². The fourth-order valence-electron chi connectivity index (χ4n) is 9.36. The van der Waals surface area contributed by atoms with Crippen LogP contribution in [-0.2, 0) is 0 Å². The van der Waals surface area contributed by atoms with E-state index in [1.165, 1.54) is 91.0 Å². The molecule has 8 heteroatoms. The molecule has 784 valence electrons. The van der Waals surface area contributed by atoms with Gasteiger partial charge in [0, 0.05) is 56.9 Å². The van der Waals surface area contributed by atoms with Gasteiger partial charge in [0.25, 0.3) is 0 Å². The zero-order valence-electron chi connectivity index (χ0n) is 93.5. The second-order valence-corrected chi connectivity index (χ2v) is 31.5. The van der Waals surface area contributed by atoms with Crippen molar-refractivity contribution in [1.29, 1.82) is 0 Å². The molecule has 0 amide bonds. The van der Waals surface area contributed by atoms with Crippen LogP contribution in [0.15, 0.2) is 534 Å². The summed E-state index contributed by atoms with van der Waals surface area (Å²) in [6.07, 6.45) is 5.00. The topological polar surface area (TPSA) is 162 Å². The molecule has 0 aromatic heterocycles. The van der Waals surface area contributed by atoms with E-state index < -0.39 is 0 Å². The third-order valence-electron chi connectivity index (χ3n) is 14.4. The van der Waals surface area contributed by atoms with Crippen molar-refractivity contribution in [3.8, 4) is 22.3 Å². The molecule has 18 rings (SSSR count). The highest BCUT2D eigenvalue weighted by Gasteiger charge is 1.94. The maximum absolute atomic E-state index is 7.00. The lowest BCUT2D eigenvalue weighted by atomic mass is 10.1. The average molecular weight is 1960 g/mol. The molecule has 0 saturated carbocycles. The van der Waals surface area contributed by atoms with E-state index in [2.05, 4.69) is 430 Å². The number of aliphatic hydroxyl groups excluding tert-OH is 8. The minimum absolute atomic E-state index is 0.833. The van der Waals surface area contributed by atoms with Gasteiger partial charge >= 0.3 is 0 Å². The Labute approximate surface area is 879 Å². The van der Waals surface area contributed by atoms with Crippen molar-refractivity contribution in [3.05, 3.63) is 534 Å². The van der Waals surface area contributed by atoms with Gasteiger partial charge in [-0.15, -0.1) is 0 Å². The maximum Gasteiger partial charge on any atom is 0.0319 e. The third kappa shape index (κ3) is 116. The molecule has 18 aromatic carbocycles. The number of aliphatic hydroxyl groups is 8. The van der Waals surface area contributed by atoms with Crippen molar-refractivity contribution in [1.82, 2.24) is 0 Å². The Bertz CT molecular complexity index is 3980. The van der Waals surface area contributed by atoms with Crippen molar-refractivity contribution < 1.29 is 40.9 Å². The fourth-order valence-corrected chi connectivity index (χ4v) is 9.36. The standard InChI is InChI=1S/2C12H10.4C10H8.6C6H6.4C4H10.4C3H8.8CH4O/c2*1-3-7-11(8-4-1)12-9-5-2-6-10-12;4*1-2-6-10-8-4-3-7-9(10)5-1;6*1-2-4-6-5-3-1;4*1-4(2)3;4*1-3-2;8*1-2/h2*1-10H;4*1-8H;6*1-6H;4*4H,1-3H3;4*3H2,1-2H3;8*2H,1H3. The number of benzene rings is 18. The molecule has 0 bridgehead atoms. The summed E-state index contributed by atoms with van der Waals surface area (Å²) in [5.41, 5.74) is 5.10. The first kappa shape index (κ1) is 151. The van der Waals surface area contributed by atoms with Gasteiger partial charge in [-0.2, -0.15) is 0 Å². The maximum atomic E-state index is 7.00. The third-order valence-corrected chi connectivity index (χ3v) is 14.4. The van der Waals surface area contributed by atoms with Gasteiger partial charge in [0.15, 0.2) is 0 Å². The molecule has 0 fully saturated rings. The molecule has 144 heavy (non-hydrogen) atoms. The van der Waals surface area contributed by atoms with Gasteiger partial charge in [-0.3, -0.25) is 0 Å². The second kappa shape index (κ2) is 134. The minimum Gasteiger partial charge on any atom is -0.400 e. The van der Waals surface area contributed by atoms with Crippen molar-refractivity contribution in [2.75, 3.05) is 56.9 Å². The molecule has 0 heterocycles. The Morgan fingerprint density at radius 3 is 0.201 bits per heavy atom. The molecular formula is C136H192O8. The molecular weight excluding hydrogens is 1760 g/mol. The summed E-state index contributed by atoms with van der Waals surface area (Å²) in [6, 6.07) is 180. The van der Waals surface area contributed by atoms with Gasteiger partial charge < -0.3 is 40.9 Å². The molecule has 0 radical (unpaired) electrons. The van der Waals surface area contributed by atoms with Crippen LogP contribution in [0.3, 0.4) is 0 Å². The van der Waals surface area contributed by atoms with Gasteiger partial charge in [-0.25, -0.2) is 0 Å². The highest BCUT2D eigenvalue weighted by atomic mass is 16.2. The lowest BCUT2D eigenvalue weighted by molar-refractivity contribution is 0.399. The zero-order valence-corrected chi connectivity index (χ0v) is 93.5. The second-order valence-electron chi connectivity index (χ2n) is 31.5. The van der Waals surface area contributed by atoms with Crippen LogP contribution in [-0.4, -0.2) is 97.7 Å². The molecule has 0 aliphatic rings. The molecule has 0 saturated heterocycles. The van der Waals surface area contributed by atoms with Crippen LogP contribution in [0.5, 0.6) is 0 Å². The predicted octanol–water partition coefficient (Wildman–Crippen LogP) is 37.4. The van der Waals surface area contributed by atoms with Gasteiger partial charge in [0.1, 0.15) is 0 Å². The molecule has 0 unspecified atom stereocenters. The summed E-state index contributed by atoms with van der Waals surface area (Å²) in [5.74, 6) is 3.33. The molecule has 0 aliphatic heterocycles.